The number of carbonyl (C=O) groups is 1. The number of hydrogen-bond acceptors (Lipinski definition) is 4. The zero-order chi connectivity index (χ0) is 17.6. The standard InChI is InChI=1S/C19H16N2O3S/c22-16-8-6-15(7-9-16)20-19(25)21-18(23)12-24-17-10-5-13-3-1-2-4-14(13)11-17/h1-11,22H,12H2,(H2,20,21,23,25). The highest BCUT2D eigenvalue weighted by molar-refractivity contribution is 7.80. The molecule has 1 amide bonds. The highest BCUT2D eigenvalue weighted by Gasteiger charge is 2.06. The average Bonchev–Trinajstić information content (AvgIpc) is 2.61. The monoisotopic (exact) mass is 352 g/mol. The number of hydrogen-bond donors (Lipinski definition) is 3. The fourth-order valence-electron chi connectivity index (χ4n) is 2.28. The van der Waals surface area contributed by atoms with Crippen molar-refractivity contribution in [3.63, 3.8) is 0 Å². The summed E-state index contributed by atoms with van der Waals surface area (Å²) in [7, 11) is 0. The SMILES string of the molecule is O=C(COc1ccc2ccccc2c1)NC(=S)Nc1ccc(O)cc1. The predicted molar refractivity (Wildman–Crippen MR) is 102 cm³/mol. The molecule has 0 aliphatic carbocycles. The van der Waals surface area contributed by atoms with E-state index in [2.05, 4.69) is 10.6 Å². The van der Waals surface area contributed by atoms with Crippen molar-refractivity contribution in [3.05, 3.63) is 66.7 Å². The van der Waals surface area contributed by atoms with Gasteiger partial charge in [0.05, 0.1) is 0 Å². The Morgan fingerprint density at radius 3 is 2.48 bits per heavy atom. The van der Waals surface area contributed by atoms with E-state index in [4.69, 9.17) is 17.0 Å². The third-order valence-corrected chi connectivity index (χ3v) is 3.67. The third-order valence-electron chi connectivity index (χ3n) is 3.47. The average molecular weight is 352 g/mol. The normalized spacial score (nSPS) is 10.2. The minimum absolute atomic E-state index is 0.143. The van der Waals surface area contributed by atoms with Crippen LogP contribution in [-0.4, -0.2) is 22.7 Å². The molecule has 3 N–H and O–H groups in total. The first-order valence-corrected chi connectivity index (χ1v) is 8.02. The molecule has 0 spiro atoms. The van der Waals surface area contributed by atoms with Crippen LogP contribution in [0.2, 0.25) is 0 Å². The Labute approximate surface area is 150 Å². The number of amides is 1. The summed E-state index contributed by atoms with van der Waals surface area (Å²) in [5.74, 6) is 0.417. The molecule has 0 fully saturated rings. The van der Waals surface area contributed by atoms with E-state index in [0.717, 1.165) is 10.8 Å². The maximum atomic E-state index is 11.9. The summed E-state index contributed by atoms with van der Waals surface area (Å²) in [6, 6.07) is 19.9. The van der Waals surface area contributed by atoms with Crippen LogP contribution in [-0.2, 0) is 4.79 Å². The number of aromatic hydroxyl groups is 1. The minimum atomic E-state index is -0.357. The first kappa shape index (κ1) is 16.7. The van der Waals surface area contributed by atoms with E-state index in [9.17, 15) is 9.90 Å². The Bertz CT molecular complexity index is 910. The topological polar surface area (TPSA) is 70.6 Å². The second-order valence-electron chi connectivity index (χ2n) is 5.35. The first-order chi connectivity index (χ1) is 12.1. The fraction of sp³-hybridized carbons (Fsp3) is 0.0526. The lowest BCUT2D eigenvalue weighted by Crippen LogP contribution is -2.37. The number of benzene rings is 3. The van der Waals surface area contributed by atoms with Gasteiger partial charge in [-0.3, -0.25) is 10.1 Å². The molecule has 0 saturated heterocycles. The van der Waals surface area contributed by atoms with E-state index in [-0.39, 0.29) is 23.4 Å². The molecular formula is C19H16N2O3S. The summed E-state index contributed by atoms with van der Waals surface area (Å²) < 4.78 is 5.51. The Morgan fingerprint density at radius 1 is 1.00 bits per heavy atom. The Balaban J connectivity index is 1.51. The number of phenolic OH excluding ortho intramolecular Hbond substituents is 1. The van der Waals surface area contributed by atoms with Gasteiger partial charge in [0.25, 0.3) is 5.91 Å². The molecule has 0 radical (unpaired) electrons. The Hall–Kier alpha value is -3.12. The van der Waals surface area contributed by atoms with Crippen LogP contribution in [0.15, 0.2) is 66.7 Å². The molecule has 6 heteroatoms. The predicted octanol–water partition coefficient (Wildman–Crippen LogP) is 3.44. The summed E-state index contributed by atoms with van der Waals surface area (Å²) in [5.41, 5.74) is 0.665. The van der Waals surface area contributed by atoms with Crippen molar-refractivity contribution < 1.29 is 14.6 Å². The van der Waals surface area contributed by atoms with Crippen LogP contribution >= 0.6 is 12.2 Å². The number of rotatable bonds is 4. The molecule has 0 unspecified atom stereocenters. The largest absolute Gasteiger partial charge is 0.508 e. The van der Waals surface area contributed by atoms with E-state index in [1.54, 1.807) is 12.1 Å². The van der Waals surface area contributed by atoms with Crippen LogP contribution in [0.5, 0.6) is 11.5 Å². The fourth-order valence-corrected chi connectivity index (χ4v) is 2.51. The molecule has 0 heterocycles. The van der Waals surface area contributed by atoms with Crippen LogP contribution in [0.25, 0.3) is 10.8 Å². The molecule has 3 aromatic rings. The summed E-state index contributed by atoms with van der Waals surface area (Å²) in [4.78, 5) is 11.9. The van der Waals surface area contributed by atoms with Gasteiger partial charge in [-0.15, -0.1) is 0 Å². The van der Waals surface area contributed by atoms with Crippen molar-refractivity contribution in [2.24, 2.45) is 0 Å². The maximum absolute atomic E-state index is 11.9. The number of thiocarbonyl (C=S) groups is 1. The summed E-state index contributed by atoms with van der Waals surface area (Å²) >= 11 is 5.08. The van der Waals surface area contributed by atoms with E-state index < -0.39 is 0 Å². The van der Waals surface area contributed by atoms with Crippen molar-refractivity contribution in [2.75, 3.05) is 11.9 Å². The minimum Gasteiger partial charge on any atom is -0.508 e. The smallest absolute Gasteiger partial charge is 0.264 e. The maximum Gasteiger partial charge on any atom is 0.264 e. The van der Waals surface area contributed by atoms with Crippen molar-refractivity contribution in [3.8, 4) is 11.5 Å². The molecule has 0 saturated carbocycles. The van der Waals surface area contributed by atoms with Crippen molar-refractivity contribution >= 4 is 39.7 Å². The van der Waals surface area contributed by atoms with Gasteiger partial charge >= 0.3 is 0 Å². The molecule has 3 rings (SSSR count). The number of fused-ring (bicyclic) bond motifs is 1. The van der Waals surface area contributed by atoms with Crippen molar-refractivity contribution in [1.82, 2.24) is 5.32 Å². The van der Waals surface area contributed by atoms with E-state index in [1.165, 1.54) is 12.1 Å². The second kappa shape index (κ2) is 7.63. The first-order valence-electron chi connectivity index (χ1n) is 7.61. The number of phenols is 1. The summed E-state index contributed by atoms with van der Waals surface area (Å²) in [6.45, 7) is -0.143. The highest BCUT2D eigenvalue weighted by atomic mass is 32.1. The molecular weight excluding hydrogens is 336 g/mol. The quantitative estimate of drug-likeness (QED) is 0.496. The van der Waals surface area contributed by atoms with Gasteiger partial charge in [-0.05, 0) is 59.4 Å². The molecule has 0 aliphatic rings. The molecule has 126 valence electrons. The van der Waals surface area contributed by atoms with Gasteiger partial charge in [0, 0.05) is 5.69 Å². The van der Waals surface area contributed by atoms with E-state index in [1.807, 2.05) is 42.5 Å². The lowest BCUT2D eigenvalue weighted by atomic mass is 10.1. The van der Waals surface area contributed by atoms with E-state index in [0.29, 0.717) is 11.4 Å². The van der Waals surface area contributed by atoms with Gasteiger partial charge in [-0.2, -0.15) is 0 Å². The van der Waals surface area contributed by atoms with Gasteiger partial charge < -0.3 is 15.2 Å². The number of ether oxygens (including phenoxy) is 1. The Morgan fingerprint density at radius 2 is 1.72 bits per heavy atom. The summed E-state index contributed by atoms with van der Waals surface area (Å²) in [5, 5.41) is 17.0. The Kier molecular flexibility index (Phi) is 5.11. The molecule has 0 atom stereocenters. The number of anilines is 1. The lowest BCUT2D eigenvalue weighted by Gasteiger charge is -2.11. The number of nitrogens with one attached hydrogen (secondary N) is 2. The third kappa shape index (κ3) is 4.68. The number of carbonyl (C=O) groups excluding carboxylic acids is 1. The summed E-state index contributed by atoms with van der Waals surface area (Å²) in [6.07, 6.45) is 0. The van der Waals surface area contributed by atoms with Gasteiger partial charge in [0.15, 0.2) is 11.7 Å². The second-order valence-corrected chi connectivity index (χ2v) is 5.76. The highest BCUT2D eigenvalue weighted by Crippen LogP contribution is 2.20. The van der Waals surface area contributed by atoms with Gasteiger partial charge in [0.2, 0.25) is 0 Å². The molecule has 3 aromatic carbocycles. The van der Waals surface area contributed by atoms with Gasteiger partial charge in [-0.1, -0.05) is 30.3 Å². The van der Waals surface area contributed by atoms with E-state index >= 15 is 0 Å². The van der Waals surface area contributed by atoms with Crippen LogP contribution in [0.3, 0.4) is 0 Å². The van der Waals surface area contributed by atoms with Crippen LogP contribution in [0, 0.1) is 0 Å². The molecule has 5 nitrogen and oxygen atoms in total. The van der Waals surface area contributed by atoms with Crippen molar-refractivity contribution in [1.29, 1.82) is 0 Å². The molecule has 0 bridgehead atoms. The van der Waals surface area contributed by atoms with Crippen LogP contribution in [0.1, 0.15) is 0 Å². The van der Waals surface area contributed by atoms with Crippen molar-refractivity contribution in [2.45, 2.75) is 0 Å². The van der Waals surface area contributed by atoms with Gasteiger partial charge in [0.1, 0.15) is 11.5 Å². The zero-order valence-corrected chi connectivity index (χ0v) is 14.0. The zero-order valence-electron chi connectivity index (χ0n) is 13.2. The van der Waals surface area contributed by atoms with Gasteiger partial charge in [-0.25, -0.2) is 0 Å². The molecule has 0 aromatic heterocycles. The van der Waals surface area contributed by atoms with Crippen LogP contribution in [0.4, 0.5) is 5.69 Å². The molecule has 0 aliphatic heterocycles. The molecule has 25 heavy (non-hydrogen) atoms. The van der Waals surface area contributed by atoms with Crippen LogP contribution < -0.4 is 15.4 Å². The lowest BCUT2D eigenvalue weighted by molar-refractivity contribution is -0.121.